The largest absolute Gasteiger partial charge is 0.434 e. The Morgan fingerprint density at radius 2 is 2.18 bits per heavy atom. The Morgan fingerprint density at radius 1 is 1.32 bits per heavy atom. The summed E-state index contributed by atoms with van der Waals surface area (Å²) in [6, 6.07) is 7.38. The van der Waals surface area contributed by atoms with Gasteiger partial charge in [0, 0.05) is 50.2 Å². The number of halogens is 2. The molecule has 0 bridgehead atoms. The summed E-state index contributed by atoms with van der Waals surface area (Å²) < 4.78 is 29.8. The van der Waals surface area contributed by atoms with Crippen molar-refractivity contribution in [2.24, 2.45) is 4.99 Å². The van der Waals surface area contributed by atoms with Crippen molar-refractivity contribution in [3.63, 3.8) is 0 Å². The molecule has 0 atom stereocenters. The third kappa shape index (κ3) is 5.65. The first-order chi connectivity index (χ1) is 13.5. The Labute approximate surface area is 168 Å². The monoisotopic (exact) mass is 408 g/mol. The van der Waals surface area contributed by atoms with Crippen molar-refractivity contribution >= 4 is 17.3 Å². The number of alkyl halides is 2. The van der Waals surface area contributed by atoms with E-state index in [9.17, 15) is 8.78 Å². The van der Waals surface area contributed by atoms with Gasteiger partial charge in [-0.05, 0) is 36.4 Å². The van der Waals surface area contributed by atoms with E-state index >= 15 is 0 Å². The number of nitrogens with one attached hydrogen (secondary N) is 2. The van der Waals surface area contributed by atoms with Crippen molar-refractivity contribution in [1.82, 2.24) is 15.5 Å². The van der Waals surface area contributed by atoms with Crippen LogP contribution in [0.5, 0.6) is 5.75 Å². The first kappa shape index (κ1) is 20.5. The van der Waals surface area contributed by atoms with E-state index in [4.69, 9.17) is 0 Å². The quantitative estimate of drug-likeness (QED) is 0.545. The normalized spacial score (nSPS) is 14.8. The zero-order valence-electron chi connectivity index (χ0n) is 16.2. The molecule has 28 heavy (non-hydrogen) atoms. The third-order valence-corrected chi connectivity index (χ3v) is 5.73. The second kappa shape index (κ2) is 9.84. The molecule has 3 rings (SSSR count). The lowest BCUT2D eigenvalue weighted by molar-refractivity contribution is -0.0504. The van der Waals surface area contributed by atoms with Crippen molar-refractivity contribution in [1.29, 1.82) is 0 Å². The number of rotatable bonds is 7. The van der Waals surface area contributed by atoms with Gasteiger partial charge in [0.15, 0.2) is 5.96 Å². The summed E-state index contributed by atoms with van der Waals surface area (Å²) in [4.78, 5) is 8.14. The lowest BCUT2D eigenvalue weighted by Gasteiger charge is -2.27. The highest BCUT2D eigenvalue weighted by Gasteiger charge is 2.16. The molecule has 0 unspecified atom stereocenters. The number of benzene rings is 1. The fourth-order valence-electron chi connectivity index (χ4n) is 3.29. The van der Waals surface area contributed by atoms with Crippen LogP contribution in [0.3, 0.4) is 0 Å². The standard InChI is InChI=1S/C20H26F2N4OS/c1-14-3-4-17(27-19(21)22)16(11-14)12-25-20(23-2)24-7-9-26-8-5-18-15(13-26)6-10-28-18/h3-4,6,10-11,19H,5,7-9,12-13H2,1-2H3,(H2,23,24,25). The van der Waals surface area contributed by atoms with Crippen molar-refractivity contribution in [3.05, 3.63) is 51.2 Å². The summed E-state index contributed by atoms with van der Waals surface area (Å²) >= 11 is 1.84. The van der Waals surface area contributed by atoms with Gasteiger partial charge in [0.1, 0.15) is 5.75 Å². The minimum atomic E-state index is -2.84. The summed E-state index contributed by atoms with van der Waals surface area (Å²) in [5.41, 5.74) is 3.09. The Kier molecular flexibility index (Phi) is 7.22. The summed E-state index contributed by atoms with van der Waals surface area (Å²) in [5.74, 6) is 0.821. The molecule has 0 radical (unpaired) electrons. The molecule has 1 aliphatic heterocycles. The van der Waals surface area contributed by atoms with E-state index in [2.05, 4.69) is 36.7 Å². The molecular weight excluding hydrogens is 382 g/mol. The molecule has 1 aliphatic rings. The molecule has 2 heterocycles. The number of aliphatic imine (C=N–C) groups is 1. The molecule has 0 saturated heterocycles. The second-order valence-corrected chi connectivity index (χ2v) is 7.74. The second-order valence-electron chi connectivity index (χ2n) is 6.74. The molecule has 5 nitrogen and oxygen atoms in total. The third-order valence-electron chi connectivity index (χ3n) is 4.71. The number of hydrogen-bond donors (Lipinski definition) is 2. The van der Waals surface area contributed by atoms with E-state index in [0.29, 0.717) is 18.1 Å². The van der Waals surface area contributed by atoms with E-state index in [0.717, 1.165) is 38.2 Å². The van der Waals surface area contributed by atoms with E-state index in [-0.39, 0.29) is 5.75 Å². The van der Waals surface area contributed by atoms with E-state index in [1.54, 1.807) is 19.2 Å². The number of guanidine groups is 1. The van der Waals surface area contributed by atoms with Crippen LogP contribution >= 0.6 is 11.3 Å². The summed E-state index contributed by atoms with van der Waals surface area (Å²) in [6.07, 6.45) is 1.11. The highest BCUT2D eigenvalue weighted by atomic mass is 32.1. The van der Waals surface area contributed by atoms with E-state index < -0.39 is 6.61 Å². The fraction of sp³-hybridized carbons (Fsp3) is 0.450. The van der Waals surface area contributed by atoms with Gasteiger partial charge >= 0.3 is 6.61 Å². The van der Waals surface area contributed by atoms with Gasteiger partial charge in [0.05, 0.1) is 0 Å². The number of thiophene rings is 1. The zero-order valence-corrected chi connectivity index (χ0v) is 17.0. The van der Waals surface area contributed by atoms with Crippen molar-refractivity contribution in [2.75, 3.05) is 26.7 Å². The van der Waals surface area contributed by atoms with Gasteiger partial charge in [-0.3, -0.25) is 9.89 Å². The highest BCUT2D eigenvalue weighted by molar-refractivity contribution is 7.10. The van der Waals surface area contributed by atoms with Gasteiger partial charge in [-0.2, -0.15) is 8.78 Å². The minimum Gasteiger partial charge on any atom is -0.434 e. The topological polar surface area (TPSA) is 48.9 Å². The summed E-state index contributed by atoms with van der Waals surface area (Å²) in [7, 11) is 1.70. The molecule has 8 heteroatoms. The van der Waals surface area contributed by atoms with Gasteiger partial charge in [0.25, 0.3) is 0 Å². The van der Waals surface area contributed by atoms with Gasteiger partial charge in [-0.25, -0.2) is 0 Å². The van der Waals surface area contributed by atoms with E-state index in [1.165, 1.54) is 10.4 Å². The lowest BCUT2D eigenvalue weighted by Crippen LogP contribution is -2.42. The fourth-order valence-corrected chi connectivity index (χ4v) is 4.18. The number of ether oxygens (including phenoxy) is 1. The van der Waals surface area contributed by atoms with Crippen molar-refractivity contribution < 1.29 is 13.5 Å². The number of hydrogen-bond acceptors (Lipinski definition) is 4. The summed E-state index contributed by atoms with van der Waals surface area (Å²) in [5, 5.41) is 8.63. The van der Waals surface area contributed by atoms with Gasteiger partial charge in [-0.1, -0.05) is 17.7 Å². The van der Waals surface area contributed by atoms with Gasteiger partial charge in [-0.15, -0.1) is 11.3 Å². The van der Waals surface area contributed by atoms with Crippen LogP contribution in [0, 0.1) is 6.92 Å². The van der Waals surface area contributed by atoms with Crippen LogP contribution in [-0.4, -0.2) is 44.2 Å². The maximum Gasteiger partial charge on any atom is 0.387 e. The Bertz CT molecular complexity index is 809. The van der Waals surface area contributed by atoms with Gasteiger partial charge in [0.2, 0.25) is 0 Å². The molecule has 0 amide bonds. The van der Waals surface area contributed by atoms with Crippen LogP contribution in [0.2, 0.25) is 0 Å². The average molecular weight is 409 g/mol. The lowest BCUT2D eigenvalue weighted by atomic mass is 10.1. The van der Waals surface area contributed by atoms with Crippen LogP contribution in [0.1, 0.15) is 21.6 Å². The molecule has 0 spiro atoms. The molecule has 1 aromatic carbocycles. The molecule has 152 valence electrons. The zero-order chi connectivity index (χ0) is 19.9. The smallest absolute Gasteiger partial charge is 0.387 e. The molecular formula is C20H26F2N4OS. The number of fused-ring (bicyclic) bond motifs is 1. The Morgan fingerprint density at radius 3 is 2.96 bits per heavy atom. The van der Waals surface area contributed by atoms with E-state index in [1.807, 2.05) is 24.3 Å². The number of aryl methyl sites for hydroxylation is 1. The SMILES string of the molecule is CN=C(NCCN1CCc2sccc2C1)NCc1cc(C)ccc1OC(F)F. The predicted molar refractivity (Wildman–Crippen MR) is 109 cm³/mol. The molecule has 2 aromatic rings. The molecule has 1 aromatic heterocycles. The van der Waals surface area contributed by atoms with Crippen molar-refractivity contribution in [2.45, 2.75) is 33.0 Å². The molecule has 0 fully saturated rings. The maximum atomic E-state index is 12.6. The first-order valence-electron chi connectivity index (χ1n) is 9.31. The van der Waals surface area contributed by atoms with Crippen LogP contribution < -0.4 is 15.4 Å². The van der Waals surface area contributed by atoms with Crippen LogP contribution in [0.25, 0.3) is 0 Å². The molecule has 0 saturated carbocycles. The maximum absolute atomic E-state index is 12.6. The molecule has 0 aliphatic carbocycles. The van der Waals surface area contributed by atoms with Crippen LogP contribution in [-0.2, 0) is 19.5 Å². The Balaban J connectivity index is 1.47. The minimum absolute atomic E-state index is 0.184. The number of nitrogens with zero attached hydrogens (tertiary/aromatic N) is 2. The highest BCUT2D eigenvalue weighted by Crippen LogP contribution is 2.24. The van der Waals surface area contributed by atoms with Gasteiger partial charge < -0.3 is 15.4 Å². The molecule has 2 N–H and O–H groups in total. The Hall–Kier alpha value is -2.19. The average Bonchev–Trinajstić information content (AvgIpc) is 3.14. The van der Waals surface area contributed by atoms with Crippen LogP contribution in [0.15, 0.2) is 34.6 Å². The predicted octanol–water partition coefficient (Wildman–Crippen LogP) is 3.38. The van der Waals surface area contributed by atoms with Crippen molar-refractivity contribution in [3.8, 4) is 5.75 Å². The summed E-state index contributed by atoms with van der Waals surface area (Å²) in [6.45, 7) is 3.16. The van der Waals surface area contributed by atoms with Crippen LogP contribution in [0.4, 0.5) is 8.78 Å². The first-order valence-corrected chi connectivity index (χ1v) is 10.2.